The Bertz CT molecular complexity index is 657. The second-order valence-electron chi connectivity index (χ2n) is 4.87. The van der Waals surface area contributed by atoms with Crippen molar-refractivity contribution in [2.45, 2.75) is 13.3 Å². The number of carboxylic acid groups (broad SMARTS) is 1. The maximum atomic E-state index is 11.4. The van der Waals surface area contributed by atoms with E-state index in [4.69, 9.17) is 0 Å². The Morgan fingerprint density at radius 1 is 1.10 bits per heavy atom. The lowest BCUT2D eigenvalue weighted by Crippen LogP contribution is -2.05. The second kappa shape index (κ2) is 6.86. The quantitative estimate of drug-likeness (QED) is 0.884. The van der Waals surface area contributed by atoms with Gasteiger partial charge >= 0.3 is 5.97 Å². The van der Waals surface area contributed by atoms with Crippen molar-refractivity contribution in [2.24, 2.45) is 0 Å². The lowest BCUT2D eigenvalue weighted by molar-refractivity contribution is 0.0695. The van der Waals surface area contributed by atoms with Gasteiger partial charge in [0, 0.05) is 0 Å². The molecule has 2 rings (SSSR count). The van der Waals surface area contributed by atoms with Crippen molar-refractivity contribution >= 4 is 11.5 Å². The van der Waals surface area contributed by atoms with Gasteiger partial charge in [-0.05, 0) is 35.6 Å². The van der Waals surface area contributed by atoms with Crippen LogP contribution in [0.1, 0.15) is 27.0 Å². The fraction of sp³-hybridized carbons (Fsp3) is 0.167. The molecule has 3 nitrogen and oxygen atoms in total. The van der Waals surface area contributed by atoms with E-state index in [-0.39, 0.29) is 6.61 Å². The highest BCUT2D eigenvalue weighted by atomic mass is 16.4. The van der Waals surface area contributed by atoms with Crippen molar-refractivity contribution in [1.29, 1.82) is 0 Å². The molecule has 2 aromatic rings. The van der Waals surface area contributed by atoms with E-state index in [0.29, 0.717) is 12.0 Å². The van der Waals surface area contributed by atoms with Crippen LogP contribution in [0.4, 0.5) is 0 Å². The van der Waals surface area contributed by atoms with Crippen LogP contribution in [0.3, 0.4) is 0 Å². The SMILES string of the molecule is Cc1cccc(CC=C(CO)c2ccccc2)c1C(=O)O. The first kappa shape index (κ1) is 15.0. The molecule has 108 valence electrons. The zero-order chi connectivity index (χ0) is 15.2. The Balaban J connectivity index is 2.32. The zero-order valence-corrected chi connectivity index (χ0v) is 11.9. The smallest absolute Gasteiger partial charge is 0.336 e. The van der Waals surface area contributed by atoms with Gasteiger partial charge in [0.15, 0.2) is 0 Å². The van der Waals surface area contributed by atoms with Gasteiger partial charge in [-0.15, -0.1) is 0 Å². The third kappa shape index (κ3) is 3.58. The predicted molar refractivity (Wildman–Crippen MR) is 83.3 cm³/mol. The molecule has 2 aromatic carbocycles. The van der Waals surface area contributed by atoms with Crippen molar-refractivity contribution in [3.63, 3.8) is 0 Å². The van der Waals surface area contributed by atoms with E-state index < -0.39 is 5.97 Å². The molecule has 0 fully saturated rings. The van der Waals surface area contributed by atoms with Crippen LogP contribution in [0, 0.1) is 6.92 Å². The lowest BCUT2D eigenvalue weighted by Gasteiger charge is -2.08. The summed E-state index contributed by atoms with van der Waals surface area (Å²) in [5.74, 6) is -0.915. The van der Waals surface area contributed by atoms with Gasteiger partial charge in [0.05, 0.1) is 12.2 Å². The fourth-order valence-electron chi connectivity index (χ4n) is 2.36. The average Bonchev–Trinajstić information content (AvgIpc) is 2.48. The Morgan fingerprint density at radius 3 is 2.43 bits per heavy atom. The molecule has 0 bridgehead atoms. The van der Waals surface area contributed by atoms with Crippen LogP contribution in [0.2, 0.25) is 0 Å². The minimum Gasteiger partial charge on any atom is -0.478 e. The van der Waals surface area contributed by atoms with Crippen LogP contribution in [0.5, 0.6) is 0 Å². The first-order valence-corrected chi connectivity index (χ1v) is 6.80. The number of aliphatic hydroxyl groups excluding tert-OH is 1. The number of aryl methyl sites for hydroxylation is 1. The molecule has 0 spiro atoms. The topological polar surface area (TPSA) is 57.5 Å². The average molecular weight is 282 g/mol. The van der Waals surface area contributed by atoms with E-state index in [1.807, 2.05) is 48.5 Å². The van der Waals surface area contributed by atoms with Crippen LogP contribution >= 0.6 is 0 Å². The molecular weight excluding hydrogens is 264 g/mol. The van der Waals surface area contributed by atoms with E-state index >= 15 is 0 Å². The molecule has 0 unspecified atom stereocenters. The van der Waals surface area contributed by atoms with E-state index in [1.54, 1.807) is 13.0 Å². The Kier molecular flexibility index (Phi) is 4.90. The summed E-state index contributed by atoms with van der Waals surface area (Å²) >= 11 is 0. The highest BCUT2D eigenvalue weighted by Gasteiger charge is 2.12. The number of aromatic carboxylic acids is 1. The molecule has 0 aliphatic rings. The number of aliphatic hydroxyl groups is 1. The molecule has 0 radical (unpaired) electrons. The van der Waals surface area contributed by atoms with E-state index in [1.165, 1.54) is 0 Å². The number of hydrogen-bond acceptors (Lipinski definition) is 2. The summed E-state index contributed by atoms with van der Waals surface area (Å²) in [6.45, 7) is 1.72. The van der Waals surface area contributed by atoms with E-state index in [0.717, 1.165) is 22.3 Å². The Morgan fingerprint density at radius 2 is 1.81 bits per heavy atom. The molecule has 0 atom stereocenters. The van der Waals surface area contributed by atoms with Crippen molar-refractivity contribution < 1.29 is 15.0 Å². The summed E-state index contributed by atoms with van der Waals surface area (Å²) < 4.78 is 0. The molecule has 0 heterocycles. The zero-order valence-electron chi connectivity index (χ0n) is 11.9. The summed E-state index contributed by atoms with van der Waals surface area (Å²) in [4.78, 5) is 11.4. The first-order valence-electron chi connectivity index (χ1n) is 6.80. The van der Waals surface area contributed by atoms with Crippen molar-refractivity contribution in [3.05, 3.63) is 76.9 Å². The van der Waals surface area contributed by atoms with Crippen molar-refractivity contribution in [1.82, 2.24) is 0 Å². The highest BCUT2D eigenvalue weighted by Crippen LogP contribution is 2.19. The number of carbonyl (C=O) groups is 1. The van der Waals surface area contributed by atoms with E-state index in [9.17, 15) is 15.0 Å². The van der Waals surface area contributed by atoms with E-state index in [2.05, 4.69) is 0 Å². The molecule has 3 heteroatoms. The molecule has 0 aromatic heterocycles. The number of hydrogen-bond donors (Lipinski definition) is 2. The van der Waals surface area contributed by atoms with Gasteiger partial charge in [-0.3, -0.25) is 0 Å². The molecule has 0 saturated carbocycles. The van der Waals surface area contributed by atoms with Crippen LogP contribution in [0.25, 0.3) is 5.57 Å². The summed E-state index contributed by atoms with van der Waals surface area (Å²) in [5, 5.41) is 18.8. The predicted octanol–water partition coefficient (Wildman–Crippen LogP) is 3.31. The van der Waals surface area contributed by atoms with Gasteiger partial charge in [0.25, 0.3) is 0 Å². The minimum atomic E-state index is -0.915. The standard InChI is InChI=1S/C18H18O3/c1-13-6-5-9-15(17(13)18(20)21)10-11-16(12-19)14-7-3-2-4-8-14/h2-9,11,19H,10,12H2,1H3,(H,20,21). The third-order valence-corrected chi connectivity index (χ3v) is 3.46. The molecule has 0 aliphatic carbocycles. The highest BCUT2D eigenvalue weighted by molar-refractivity contribution is 5.91. The monoisotopic (exact) mass is 282 g/mol. The molecule has 2 N–H and O–H groups in total. The molecular formula is C18H18O3. The molecule has 0 amide bonds. The normalized spacial score (nSPS) is 11.4. The Labute approximate surface area is 124 Å². The lowest BCUT2D eigenvalue weighted by atomic mass is 9.97. The number of benzene rings is 2. The van der Waals surface area contributed by atoms with Gasteiger partial charge in [0.1, 0.15) is 0 Å². The largest absolute Gasteiger partial charge is 0.478 e. The van der Waals surface area contributed by atoms with Gasteiger partial charge in [-0.25, -0.2) is 4.79 Å². The number of allylic oxidation sites excluding steroid dienone is 1. The third-order valence-electron chi connectivity index (χ3n) is 3.46. The van der Waals surface area contributed by atoms with Gasteiger partial charge < -0.3 is 10.2 Å². The first-order chi connectivity index (χ1) is 10.1. The molecule has 21 heavy (non-hydrogen) atoms. The number of carboxylic acids is 1. The second-order valence-corrected chi connectivity index (χ2v) is 4.87. The fourth-order valence-corrected chi connectivity index (χ4v) is 2.36. The van der Waals surface area contributed by atoms with Crippen LogP contribution < -0.4 is 0 Å². The van der Waals surface area contributed by atoms with Crippen LogP contribution in [-0.2, 0) is 6.42 Å². The minimum absolute atomic E-state index is 0.0712. The summed E-state index contributed by atoms with van der Waals surface area (Å²) in [6.07, 6.45) is 2.37. The van der Waals surface area contributed by atoms with Crippen molar-refractivity contribution in [2.75, 3.05) is 6.61 Å². The van der Waals surface area contributed by atoms with Crippen molar-refractivity contribution in [3.8, 4) is 0 Å². The maximum Gasteiger partial charge on any atom is 0.336 e. The summed E-state index contributed by atoms with van der Waals surface area (Å²) in [6, 6.07) is 15.1. The number of rotatable bonds is 5. The summed E-state index contributed by atoms with van der Waals surface area (Å²) in [5.41, 5.74) is 3.60. The van der Waals surface area contributed by atoms with Gasteiger partial charge in [-0.1, -0.05) is 54.6 Å². The maximum absolute atomic E-state index is 11.4. The molecule has 0 saturated heterocycles. The van der Waals surface area contributed by atoms with Crippen LogP contribution in [-0.4, -0.2) is 22.8 Å². The Hall–Kier alpha value is -2.39. The van der Waals surface area contributed by atoms with Gasteiger partial charge in [0.2, 0.25) is 0 Å². The summed E-state index contributed by atoms with van der Waals surface area (Å²) in [7, 11) is 0. The van der Waals surface area contributed by atoms with Crippen LogP contribution in [0.15, 0.2) is 54.6 Å². The van der Waals surface area contributed by atoms with Gasteiger partial charge in [-0.2, -0.15) is 0 Å². The molecule has 0 aliphatic heterocycles.